The number of rotatable bonds is 6. The molecule has 2 N–H and O–H groups in total. The zero-order valence-corrected chi connectivity index (χ0v) is 13.2. The fourth-order valence-corrected chi connectivity index (χ4v) is 2.76. The third-order valence-electron chi connectivity index (χ3n) is 3.96. The Morgan fingerprint density at radius 1 is 1.48 bits per heavy atom. The summed E-state index contributed by atoms with van der Waals surface area (Å²) in [6.07, 6.45) is 3.57. The molecule has 0 saturated carbocycles. The lowest BCUT2D eigenvalue weighted by Gasteiger charge is -2.08. The average molecular weight is 315 g/mol. The number of benzene rings is 1. The van der Waals surface area contributed by atoms with Gasteiger partial charge in [-0.1, -0.05) is 12.1 Å². The van der Waals surface area contributed by atoms with E-state index in [0.29, 0.717) is 12.2 Å². The lowest BCUT2D eigenvalue weighted by atomic mass is 10.1. The Bertz CT molecular complexity index is 663. The quantitative estimate of drug-likeness (QED) is 0.859. The number of carbonyl (C=O) groups is 1. The highest BCUT2D eigenvalue weighted by atomic mass is 16.5. The molecule has 1 fully saturated rings. The number of para-hydroxylation sites is 1. The van der Waals surface area contributed by atoms with E-state index in [4.69, 9.17) is 9.47 Å². The molecule has 6 heteroatoms. The number of aromatic nitrogens is 2. The summed E-state index contributed by atoms with van der Waals surface area (Å²) in [5, 5.41) is 9.89. The fraction of sp³-hybridized carbons (Fsp3) is 0.412. The molecule has 1 saturated heterocycles. The van der Waals surface area contributed by atoms with E-state index in [1.54, 1.807) is 7.11 Å². The molecular formula is C17H21N3O3. The van der Waals surface area contributed by atoms with Gasteiger partial charge < -0.3 is 14.8 Å². The predicted molar refractivity (Wildman–Crippen MR) is 87.4 cm³/mol. The number of ether oxygens (including phenoxy) is 2. The third kappa shape index (κ3) is 3.90. The van der Waals surface area contributed by atoms with Crippen molar-refractivity contribution in [1.82, 2.24) is 10.2 Å². The Balaban J connectivity index is 1.59. The van der Waals surface area contributed by atoms with E-state index >= 15 is 0 Å². The lowest BCUT2D eigenvalue weighted by molar-refractivity contribution is -0.116. The van der Waals surface area contributed by atoms with Gasteiger partial charge in [0.05, 0.1) is 18.9 Å². The number of anilines is 1. The number of amides is 1. The normalized spacial score (nSPS) is 17.2. The van der Waals surface area contributed by atoms with Crippen LogP contribution in [0.1, 0.15) is 25.7 Å². The zero-order chi connectivity index (χ0) is 16.1. The Labute approximate surface area is 135 Å². The summed E-state index contributed by atoms with van der Waals surface area (Å²) >= 11 is 0. The van der Waals surface area contributed by atoms with Gasteiger partial charge in [-0.05, 0) is 31.4 Å². The van der Waals surface area contributed by atoms with E-state index in [9.17, 15) is 4.79 Å². The van der Waals surface area contributed by atoms with E-state index in [1.165, 1.54) is 0 Å². The minimum absolute atomic E-state index is 0.0430. The smallest absolute Gasteiger partial charge is 0.225 e. The van der Waals surface area contributed by atoms with Crippen molar-refractivity contribution in [2.24, 2.45) is 0 Å². The summed E-state index contributed by atoms with van der Waals surface area (Å²) in [4.78, 5) is 12.0. The van der Waals surface area contributed by atoms with Crippen molar-refractivity contribution in [3.63, 3.8) is 0 Å². The van der Waals surface area contributed by atoms with Crippen molar-refractivity contribution in [1.29, 1.82) is 0 Å². The van der Waals surface area contributed by atoms with E-state index in [1.807, 2.05) is 30.3 Å². The molecule has 1 atom stereocenters. The summed E-state index contributed by atoms with van der Waals surface area (Å²) < 4.78 is 10.9. The monoisotopic (exact) mass is 315 g/mol. The van der Waals surface area contributed by atoms with Gasteiger partial charge in [0.2, 0.25) is 5.91 Å². The van der Waals surface area contributed by atoms with Crippen LogP contribution < -0.4 is 10.1 Å². The number of aromatic amines is 1. The summed E-state index contributed by atoms with van der Waals surface area (Å²) in [5.74, 6) is 1.23. The molecule has 1 aromatic carbocycles. The summed E-state index contributed by atoms with van der Waals surface area (Å²) in [7, 11) is 1.63. The standard InChI is InChI=1S/C17H21N3O3/c1-22-15-7-3-2-6-13(15)14-11-16(20-19-14)18-17(21)9-8-12-5-4-10-23-12/h2-3,6-7,11-12H,4-5,8-10H2,1H3,(H2,18,19,20,21)/t12-/m1/s1. The van der Waals surface area contributed by atoms with Crippen molar-refractivity contribution < 1.29 is 14.3 Å². The average Bonchev–Trinajstić information content (AvgIpc) is 3.24. The van der Waals surface area contributed by atoms with Gasteiger partial charge in [0.15, 0.2) is 5.82 Å². The molecule has 6 nitrogen and oxygen atoms in total. The molecular weight excluding hydrogens is 294 g/mol. The van der Waals surface area contributed by atoms with Crippen LogP contribution in [0.25, 0.3) is 11.3 Å². The first-order valence-electron chi connectivity index (χ1n) is 7.86. The van der Waals surface area contributed by atoms with Crippen LogP contribution >= 0.6 is 0 Å². The van der Waals surface area contributed by atoms with E-state index in [-0.39, 0.29) is 12.0 Å². The number of hydrogen-bond acceptors (Lipinski definition) is 4. The zero-order valence-electron chi connectivity index (χ0n) is 13.2. The number of H-pyrrole nitrogens is 1. The molecule has 3 rings (SSSR count). The number of hydrogen-bond donors (Lipinski definition) is 2. The highest BCUT2D eigenvalue weighted by molar-refractivity contribution is 5.90. The summed E-state index contributed by atoms with van der Waals surface area (Å²) in [6.45, 7) is 0.813. The van der Waals surface area contributed by atoms with Gasteiger partial charge in [0, 0.05) is 24.7 Å². The summed E-state index contributed by atoms with van der Waals surface area (Å²) in [6, 6.07) is 9.47. The summed E-state index contributed by atoms with van der Waals surface area (Å²) in [5.41, 5.74) is 1.71. The maximum absolute atomic E-state index is 12.0. The van der Waals surface area contributed by atoms with Crippen LogP contribution in [0.5, 0.6) is 5.75 Å². The van der Waals surface area contributed by atoms with Gasteiger partial charge in [-0.3, -0.25) is 9.89 Å². The van der Waals surface area contributed by atoms with Crippen LogP contribution in [0.2, 0.25) is 0 Å². The fourth-order valence-electron chi connectivity index (χ4n) is 2.76. The van der Waals surface area contributed by atoms with Crippen molar-refractivity contribution in [3.05, 3.63) is 30.3 Å². The van der Waals surface area contributed by atoms with Crippen LogP contribution in [-0.2, 0) is 9.53 Å². The minimum Gasteiger partial charge on any atom is -0.496 e. The first kappa shape index (κ1) is 15.6. The topological polar surface area (TPSA) is 76.2 Å². The molecule has 1 aromatic heterocycles. The predicted octanol–water partition coefficient (Wildman–Crippen LogP) is 2.98. The molecule has 1 aliphatic heterocycles. The molecule has 122 valence electrons. The van der Waals surface area contributed by atoms with E-state index < -0.39 is 0 Å². The SMILES string of the molecule is COc1ccccc1-c1cc(NC(=O)CC[C@H]2CCCO2)n[nH]1. The number of methoxy groups -OCH3 is 1. The van der Waals surface area contributed by atoms with Crippen LogP contribution in [-0.4, -0.2) is 35.9 Å². The Hall–Kier alpha value is -2.34. The Morgan fingerprint density at radius 2 is 2.35 bits per heavy atom. The van der Waals surface area contributed by atoms with E-state index in [0.717, 1.165) is 42.9 Å². The third-order valence-corrected chi connectivity index (χ3v) is 3.96. The van der Waals surface area contributed by atoms with E-state index in [2.05, 4.69) is 15.5 Å². The molecule has 0 spiro atoms. The first-order valence-corrected chi connectivity index (χ1v) is 7.86. The highest BCUT2D eigenvalue weighted by Crippen LogP contribution is 2.29. The molecule has 1 aliphatic rings. The number of nitrogens with zero attached hydrogens (tertiary/aromatic N) is 1. The van der Waals surface area contributed by atoms with Gasteiger partial charge in [0.1, 0.15) is 5.75 Å². The second-order valence-corrected chi connectivity index (χ2v) is 5.59. The number of nitrogens with one attached hydrogen (secondary N) is 2. The Kier molecular flexibility index (Phi) is 4.92. The van der Waals surface area contributed by atoms with Crippen molar-refractivity contribution in [3.8, 4) is 17.0 Å². The number of carbonyl (C=O) groups excluding carboxylic acids is 1. The maximum Gasteiger partial charge on any atom is 0.225 e. The molecule has 0 radical (unpaired) electrons. The van der Waals surface area contributed by atoms with Crippen LogP contribution in [0.15, 0.2) is 30.3 Å². The van der Waals surface area contributed by atoms with Crippen molar-refractivity contribution in [2.75, 3.05) is 19.0 Å². The van der Waals surface area contributed by atoms with Gasteiger partial charge in [0.25, 0.3) is 0 Å². The molecule has 23 heavy (non-hydrogen) atoms. The second kappa shape index (κ2) is 7.28. The largest absolute Gasteiger partial charge is 0.496 e. The molecule has 1 amide bonds. The van der Waals surface area contributed by atoms with Crippen molar-refractivity contribution in [2.45, 2.75) is 31.8 Å². The van der Waals surface area contributed by atoms with Gasteiger partial charge >= 0.3 is 0 Å². The van der Waals surface area contributed by atoms with Crippen LogP contribution in [0, 0.1) is 0 Å². The molecule has 2 heterocycles. The Morgan fingerprint density at radius 3 is 3.13 bits per heavy atom. The van der Waals surface area contributed by atoms with Crippen LogP contribution in [0.3, 0.4) is 0 Å². The van der Waals surface area contributed by atoms with Gasteiger partial charge in [-0.15, -0.1) is 0 Å². The lowest BCUT2D eigenvalue weighted by Crippen LogP contribution is -2.15. The molecule has 2 aromatic rings. The van der Waals surface area contributed by atoms with Crippen molar-refractivity contribution >= 4 is 11.7 Å². The molecule has 0 unspecified atom stereocenters. The molecule has 0 aliphatic carbocycles. The first-order chi connectivity index (χ1) is 11.3. The highest BCUT2D eigenvalue weighted by Gasteiger charge is 2.17. The van der Waals surface area contributed by atoms with Crippen LogP contribution in [0.4, 0.5) is 5.82 Å². The van der Waals surface area contributed by atoms with Gasteiger partial charge in [-0.25, -0.2) is 0 Å². The van der Waals surface area contributed by atoms with Gasteiger partial charge in [-0.2, -0.15) is 5.10 Å². The second-order valence-electron chi connectivity index (χ2n) is 5.59. The minimum atomic E-state index is -0.0430. The molecule has 0 bridgehead atoms. The maximum atomic E-state index is 12.0.